The molecule has 0 aromatic heterocycles. The highest BCUT2D eigenvalue weighted by molar-refractivity contribution is 4.86. The van der Waals surface area contributed by atoms with E-state index < -0.39 is 0 Å². The first kappa shape index (κ1) is 11.5. The highest BCUT2D eigenvalue weighted by Gasteiger charge is 2.31. The maximum absolute atomic E-state index is 8.57. The summed E-state index contributed by atoms with van der Waals surface area (Å²) in [6.07, 6.45) is 3.34. The van der Waals surface area contributed by atoms with Gasteiger partial charge in [-0.3, -0.25) is 4.90 Å². The van der Waals surface area contributed by atoms with Crippen LogP contribution in [0.1, 0.15) is 26.2 Å². The number of methoxy groups -OCH3 is 1. The summed E-state index contributed by atoms with van der Waals surface area (Å²) in [5.41, 5.74) is 0. The first-order valence-electron chi connectivity index (χ1n) is 5.39. The number of nitriles is 1. The van der Waals surface area contributed by atoms with Gasteiger partial charge in [0.1, 0.15) is 0 Å². The largest absolute Gasteiger partial charge is 0.383 e. The molecule has 0 heterocycles. The normalized spacial score (nSPS) is 18.1. The first-order chi connectivity index (χ1) is 6.79. The average molecular weight is 196 g/mol. The van der Waals surface area contributed by atoms with Crippen LogP contribution in [0.2, 0.25) is 0 Å². The zero-order chi connectivity index (χ0) is 10.4. The molecule has 14 heavy (non-hydrogen) atoms. The van der Waals surface area contributed by atoms with Gasteiger partial charge in [0.25, 0.3) is 0 Å². The molecule has 0 N–H and O–H groups in total. The van der Waals surface area contributed by atoms with E-state index in [1.807, 2.05) is 0 Å². The lowest BCUT2D eigenvalue weighted by Crippen LogP contribution is -2.37. The molecular formula is C11H20N2O. The Morgan fingerprint density at radius 3 is 2.71 bits per heavy atom. The Labute approximate surface area is 86.6 Å². The highest BCUT2D eigenvalue weighted by atomic mass is 16.5. The molecule has 0 saturated heterocycles. The van der Waals surface area contributed by atoms with Crippen molar-refractivity contribution in [1.82, 2.24) is 4.90 Å². The minimum absolute atomic E-state index is 0.624. The van der Waals surface area contributed by atoms with Gasteiger partial charge in [-0.1, -0.05) is 0 Å². The summed E-state index contributed by atoms with van der Waals surface area (Å²) in [5.74, 6) is 0.866. The van der Waals surface area contributed by atoms with E-state index in [2.05, 4.69) is 17.9 Å². The maximum atomic E-state index is 8.57. The first-order valence-corrected chi connectivity index (χ1v) is 5.39. The van der Waals surface area contributed by atoms with Gasteiger partial charge in [-0.2, -0.15) is 5.26 Å². The highest BCUT2D eigenvalue weighted by Crippen LogP contribution is 2.35. The van der Waals surface area contributed by atoms with E-state index in [1.54, 1.807) is 7.11 Å². The number of hydrogen-bond donors (Lipinski definition) is 0. The van der Waals surface area contributed by atoms with Crippen molar-refractivity contribution in [3.8, 4) is 6.07 Å². The molecule has 1 unspecified atom stereocenters. The van der Waals surface area contributed by atoms with E-state index in [1.165, 1.54) is 12.8 Å². The number of hydrogen-bond acceptors (Lipinski definition) is 3. The summed E-state index contributed by atoms with van der Waals surface area (Å²) in [6, 6.07) is 2.83. The molecule has 0 spiro atoms. The molecule has 0 aliphatic heterocycles. The smallest absolute Gasteiger partial charge is 0.0635 e. The predicted octanol–water partition coefficient (Wildman–Crippen LogP) is 1.65. The standard InChI is InChI=1S/C11H20N2O/c1-10(11-4-5-11)13(7-3-6-12)8-9-14-2/h10-11H,3-5,7-9H2,1-2H3. The van der Waals surface area contributed by atoms with E-state index in [9.17, 15) is 0 Å². The minimum atomic E-state index is 0.624. The Hall–Kier alpha value is -0.590. The summed E-state index contributed by atoms with van der Waals surface area (Å²) in [6.45, 7) is 4.88. The van der Waals surface area contributed by atoms with Crippen LogP contribution in [-0.2, 0) is 4.74 Å². The van der Waals surface area contributed by atoms with Crippen LogP contribution in [0.4, 0.5) is 0 Å². The molecule has 0 aromatic carbocycles. The van der Waals surface area contributed by atoms with Gasteiger partial charge >= 0.3 is 0 Å². The predicted molar refractivity (Wildman–Crippen MR) is 55.9 cm³/mol. The van der Waals surface area contributed by atoms with Gasteiger partial charge in [0.05, 0.1) is 12.7 Å². The summed E-state index contributed by atoms with van der Waals surface area (Å²) < 4.78 is 5.08. The maximum Gasteiger partial charge on any atom is 0.0635 e. The average Bonchev–Trinajstić information content (AvgIpc) is 3.00. The summed E-state index contributed by atoms with van der Waals surface area (Å²) in [7, 11) is 1.73. The van der Waals surface area contributed by atoms with Crippen LogP contribution in [-0.4, -0.2) is 37.7 Å². The Balaban J connectivity index is 2.30. The quantitative estimate of drug-likeness (QED) is 0.621. The third-order valence-electron chi connectivity index (χ3n) is 2.97. The molecular weight excluding hydrogens is 176 g/mol. The van der Waals surface area contributed by atoms with Gasteiger partial charge < -0.3 is 4.74 Å². The summed E-state index contributed by atoms with van der Waals surface area (Å²) in [5, 5.41) is 8.57. The Morgan fingerprint density at radius 2 is 2.21 bits per heavy atom. The molecule has 80 valence electrons. The monoisotopic (exact) mass is 196 g/mol. The second-order valence-electron chi connectivity index (χ2n) is 4.01. The molecule has 3 heteroatoms. The van der Waals surface area contributed by atoms with Crippen molar-refractivity contribution in [2.75, 3.05) is 26.8 Å². The number of ether oxygens (including phenoxy) is 1. The Bertz CT molecular complexity index is 196. The third-order valence-corrected chi connectivity index (χ3v) is 2.97. The number of nitrogens with zero attached hydrogens (tertiary/aromatic N) is 2. The van der Waals surface area contributed by atoms with Gasteiger partial charge in [-0.25, -0.2) is 0 Å². The molecule has 0 amide bonds. The van der Waals surface area contributed by atoms with Crippen molar-refractivity contribution in [3.63, 3.8) is 0 Å². The molecule has 0 bridgehead atoms. The van der Waals surface area contributed by atoms with Gasteiger partial charge in [0, 0.05) is 32.7 Å². The molecule has 1 rings (SSSR count). The van der Waals surface area contributed by atoms with Crippen LogP contribution in [0.25, 0.3) is 0 Å². The summed E-state index contributed by atoms with van der Waals surface area (Å²) >= 11 is 0. The molecule has 1 fully saturated rings. The van der Waals surface area contributed by atoms with Crippen LogP contribution in [0.5, 0.6) is 0 Å². The van der Waals surface area contributed by atoms with E-state index in [4.69, 9.17) is 10.00 Å². The van der Waals surface area contributed by atoms with Crippen LogP contribution >= 0.6 is 0 Å². The van der Waals surface area contributed by atoms with Crippen LogP contribution in [0, 0.1) is 17.2 Å². The van der Waals surface area contributed by atoms with Crippen molar-refractivity contribution >= 4 is 0 Å². The van der Waals surface area contributed by atoms with Crippen molar-refractivity contribution in [2.24, 2.45) is 5.92 Å². The lowest BCUT2D eigenvalue weighted by Gasteiger charge is -2.28. The van der Waals surface area contributed by atoms with Crippen LogP contribution < -0.4 is 0 Å². The van der Waals surface area contributed by atoms with Crippen LogP contribution in [0.3, 0.4) is 0 Å². The molecule has 0 radical (unpaired) electrons. The minimum Gasteiger partial charge on any atom is -0.383 e. The number of rotatable bonds is 7. The van der Waals surface area contributed by atoms with Crippen molar-refractivity contribution in [1.29, 1.82) is 5.26 Å². The Morgan fingerprint density at radius 1 is 1.50 bits per heavy atom. The lowest BCUT2D eigenvalue weighted by molar-refractivity contribution is 0.119. The van der Waals surface area contributed by atoms with E-state index >= 15 is 0 Å². The molecule has 1 aliphatic rings. The molecule has 0 aromatic rings. The van der Waals surface area contributed by atoms with Crippen molar-refractivity contribution in [3.05, 3.63) is 0 Å². The lowest BCUT2D eigenvalue weighted by atomic mass is 10.2. The third kappa shape index (κ3) is 3.65. The van der Waals surface area contributed by atoms with Gasteiger partial charge in [-0.15, -0.1) is 0 Å². The van der Waals surface area contributed by atoms with Gasteiger partial charge in [0.15, 0.2) is 0 Å². The van der Waals surface area contributed by atoms with E-state index in [0.717, 1.165) is 25.6 Å². The van der Waals surface area contributed by atoms with Crippen LogP contribution in [0.15, 0.2) is 0 Å². The molecule has 1 aliphatic carbocycles. The Kier molecular flexibility index (Phi) is 4.92. The van der Waals surface area contributed by atoms with E-state index in [-0.39, 0.29) is 0 Å². The van der Waals surface area contributed by atoms with Crippen molar-refractivity contribution < 1.29 is 4.74 Å². The molecule has 1 saturated carbocycles. The molecule has 1 atom stereocenters. The van der Waals surface area contributed by atoms with E-state index in [0.29, 0.717) is 12.5 Å². The second-order valence-corrected chi connectivity index (χ2v) is 4.01. The summed E-state index contributed by atoms with van der Waals surface area (Å²) in [4.78, 5) is 2.38. The zero-order valence-electron chi connectivity index (χ0n) is 9.20. The van der Waals surface area contributed by atoms with Crippen molar-refractivity contribution in [2.45, 2.75) is 32.2 Å². The van der Waals surface area contributed by atoms with Gasteiger partial charge in [-0.05, 0) is 25.7 Å². The fourth-order valence-corrected chi connectivity index (χ4v) is 1.80. The topological polar surface area (TPSA) is 36.3 Å². The fourth-order valence-electron chi connectivity index (χ4n) is 1.80. The van der Waals surface area contributed by atoms with Gasteiger partial charge in [0.2, 0.25) is 0 Å². The zero-order valence-corrected chi connectivity index (χ0v) is 9.20. The molecule has 3 nitrogen and oxygen atoms in total. The fraction of sp³-hybridized carbons (Fsp3) is 0.909. The second kappa shape index (κ2) is 6.00. The SMILES string of the molecule is COCCN(CCC#N)C(C)C1CC1.